The van der Waals surface area contributed by atoms with Gasteiger partial charge in [0.15, 0.2) is 0 Å². The van der Waals surface area contributed by atoms with Crippen LogP contribution in [0.4, 0.5) is 46.5 Å². The van der Waals surface area contributed by atoms with Crippen molar-refractivity contribution in [2.24, 2.45) is 10.2 Å². The Bertz CT molecular complexity index is 5370. The number of phenols is 1. The smallest absolute Gasteiger partial charge is 0.297 e. The molecule has 10 aromatic rings. The summed E-state index contributed by atoms with van der Waals surface area (Å²) in [5.41, 5.74) is -3.37. The van der Waals surface area contributed by atoms with Gasteiger partial charge in [0.05, 0.1) is 21.2 Å². The first kappa shape index (κ1) is 61.5. The Morgan fingerprint density at radius 2 is 0.874 bits per heavy atom. The minimum absolute atomic E-state index is 0.0273. The van der Waals surface area contributed by atoms with Crippen molar-refractivity contribution >= 4 is 174 Å². The molecule has 2 heterocycles. The van der Waals surface area contributed by atoms with Crippen LogP contribution in [0.5, 0.6) is 5.75 Å². The second kappa shape index (κ2) is 22.6. The molecule has 39 heteroatoms. The van der Waals surface area contributed by atoms with Crippen molar-refractivity contribution in [3.05, 3.63) is 126 Å². The van der Waals surface area contributed by atoms with E-state index in [1.807, 2.05) is 0 Å². The van der Waals surface area contributed by atoms with Crippen molar-refractivity contribution < 1.29 is 82.9 Å². The summed E-state index contributed by atoms with van der Waals surface area (Å²) in [5.74, 6) is -2.57. The molecule has 8 aromatic carbocycles. The molecule has 11 N–H and O–H groups in total. The summed E-state index contributed by atoms with van der Waals surface area (Å²) in [6.45, 7) is -0.277. The van der Waals surface area contributed by atoms with E-state index in [4.69, 9.17) is 23.2 Å². The molecule has 87 heavy (non-hydrogen) atoms. The van der Waals surface area contributed by atoms with E-state index < -0.39 is 157 Å². The zero-order chi connectivity index (χ0) is 62.9. The molecule has 0 atom stereocenters. The number of phenolic OH excluding ortho intramolecular Hbond substituents is 1. The molecule has 0 aliphatic heterocycles. The van der Waals surface area contributed by atoms with Crippen LogP contribution in [-0.4, -0.2) is 126 Å². The first-order valence-corrected chi connectivity index (χ1v) is 33.1. The second-order valence-electron chi connectivity index (χ2n) is 18.1. The first-order chi connectivity index (χ1) is 40.6. The standard InChI is InChI=1S/C48H34Cl2N12O19S6/c49-43-55-45(59-47(57-43)53-33-19-26(82(64,65)66)15-24-17-36(84(70,71)72)34(21-31(24)33)62-61-32-12-10-23-6-2-4-8-29(23)42(32)87(79,80)81)51-13-14-52-46-56-44(50)58-48(60-46)54-35-20-27(83(67,68)69)16-25-18-37(85(73,74)75)39(40(63)38(25)35)30-11-9-22-5-1-3-7-28(22)41(30)86(76,77)78/h1-12,15-21,63H,13-14H2,(H,64,65,66)(H,67,68,69)(H,70,71,72)(H,73,74,75)(H,76,77,78)(H,79,80,81)(H2,51,53,55,57,59)(H2,52,54,56,58,60). The number of benzene rings is 8. The van der Waals surface area contributed by atoms with Gasteiger partial charge < -0.3 is 26.4 Å². The molecule has 450 valence electrons. The molecule has 0 aliphatic rings. The molecule has 0 amide bonds. The van der Waals surface area contributed by atoms with Gasteiger partial charge in [-0.1, -0.05) is 66.7 Å². The monoisotopic (exact) mass is 1340 g/mol. The second-order valence-corrected chi connectivity index (χ2v) is 27.2. The van der Waals surface area contributed by atoms with Gasteiger partial charge in [0, 0.05) is 45.8 Å². The van der Waals surface area contributed by atoms with Crippen molar-refractivity contribution in [2.45, 2.75) is 29.4 Å². The van der Waals surface area contributed by atoms with Crippen LogP contribution < -0.4 is 21.3 Å². The predicted molar refractivity (Wildman–Crippen MR) is 313 cm³/mol. The van der Waals surface area contributed by atoms with E-state index in [0.717, 1.165) is 42.5 Å². The van der Waals surface area contributed by atoms with Gasteiger partial charge in [-0.25, -0.2) is 0 Å². The van der Waals surface area contributed by atoms with Crippen LogP contribution in [-0.2, 0) is 60.7 Å². The Balaban J connectivity index is 0.944. The maximum atomic E-state index is 13.0. The lowest BCUT2D eigenvalue weighted by molar-refractivity contribution is 0.471. The summed E-state index contributed by atoms with van der Waals surface area (Å²) in [5, 5.41) is 29.0. The molecule has 0 spiro atoms. The molecule has 0 fully saturated rings. The van der Waals surface area contributed by atoms with Crippen LogP contribution in [0.3, 0.4) is 0 Å². The van der Waals surface area contributed by atoms with Gasteiger partial charge in [0.2, 0.25) is 34.4 Å². The first-order valence-electron chi connectivity index (χ1n) is 23.7. The van der Waals surface area contributed by atoms with Gasteiger partial charge in [0.1, 0.15) is 36.7 Å². The zero-order valence-corrected chi connectivity index (χ0v) is 49.1. The van der Waals surface area contributed by atoms with Crippen LogP contribution in [0, 0.1) is 0 Å². The van der Waals surface area contributed by atoms with Gasteiger partial charge in [-0.05, 0) is 93.3 Å². The van der Waals surface area contributed by atoms with Crippen molar-refractivity contribution in [1.29, 1.82) is 0 Å². The molecule has 0 bridgehead atoms. The molecule has 2 aromatic heterocycles. The third-order valence-electron chi connectivity index (χ3n) is 12.5. The highest BCUT2D eigenvalue weighted by atomic mass is 35.5. The number of aromatic nitrogens is 6. The van der Waals surface area contributed by atoms with Crippen molar-refractivity contribution in [3.8, 4) is 16.9 Å². The molecule has 10 rings (SSSR count). The zero-order valence-electron chi connectivity index (χ0n) is 42.7. The molecule has 0 aliphatic carbocycles. The number of aromatic hydroxyl groups is 1. The number of hydrogen-bond acceptors (Lipinski definition) is 25. The van der Waals surface area contributed by atoms with Crippen LogP contribution in [0.15, 0.2) is 155 Å². The minimum atomic E-state index is -5.45. The maximum absolute atomic E-state index is 13.0. The number of anilines is 6. The van der Waals surface area contributed by atoms with Crippen LogP contribution in [0.25, 0.3) is 54.2 Å². The SMILES string of the molecule is O=S(=O)(O)c1cc(Nc2nc(Cl)nc(NCCNc3nc(Cl)nc(Nc4cc(S(=O)(=O)O)cc5cc(S(=O)(=O)O)c(-c6ccc7ccccc7c6S(=O)(=O)O)c(O)c45)n3)n2)c2cc(N=Nc3ccc4ccccc4c3S(=O)(=O)O)c(S(=O)(=O)O)cc2c1. The Hall–Kier alpha value is -8.54. The number of nitrogens with one attached hydrogen (secondary N) is 4. The van der Waals surface area contributed by atoms with E-state index in [2.05, 4.69) is 61.4 Å². The lowest BCUT2D eigenvalue weighted by atomic mass is 9.96. The fourth-order valence-electron chi connectivity index (χ4n) is 9.04. The molecule has 0 radical (unpaired) electrons. The fourth-order valence-corrected chi connectivity index (χ4v) is 13.6. The Morgan fingerprint density at radius 1 is 0.414 bits per heavy atom. The van der Waals surface area contributed by atoms with Gasteiger partial charge >= 0.3 is 0 Å². The maximum Gasteiger partial charge on any atom is 0.297 e. The quantitative estimate of drug-likeness (QED) is 0.0219. The summed E-state index contributed by atoms with van der Waals surface area (Å²) in [4.78, 5) is 19.0. The summed E-state index contributed by atoms with van der Waals surface area (Å²) in [6, 6.07) is 22.3. The molecule has 0 unspecified atom stereocenters. The van der Waals surface area contributed by atoms with Crippen molar-refractivity contribution in [2.75, 3.05) is 34.4 Å². The molecular weight excluding hydrogens is 1310 g/mol. The third-order valence-corrected chi connectivity index (χ3v) is 18.2. The van der Waals surface area contributed by atoms with Gasteiger partial charge in [-0.15, -0.1) is 10.2 Å². The van der Waals surface area contributed by atoms with Gasteiger partial charge in [-0.2, -0.15) is 80.4 Å². The highest BCUT2D eigenvalue weighted by Crippen LogP contribution is 2.48. The van der Waals surface area contributed by atoms with E-state index in [-0.39, 0.29) is 57.6 Å². The molecule has 31 nitrogen and oxygen atoms in total. The summed E-state index contributed by atoms with van der Waals surface area (Å²) >= 11 is 12.5. The highest BCUT2D eigenvalue weighted by Gasteiger charge is 2.32. The molecular formula is C48H34Cl2N12O19S6. The van der Waals surface area contributed by atoms with E-state index >= 15 is 0 Å². The predicted octanol–water partition coefficient (Wildman–Crippen LogP) is 8.26. The minimum Gasteiger partial charge on any atom is -0.507 e. The van der Waals surface area contributed by atoms with Gasteiger partial charge in [-0.3, -0.25) is 27.3 Å². The Kier molecular flexibility index (Phi) is 16.0. The van der Waals surface area contributed by atoms with E-state index in [0.29, 0.717) is 11.5 Å². The topological polar surface area (TPSA) is 497 Å². The third kappa shape index (κ3) is 13.1. The summed E-state index contributed by atoms with van der Waals surface area (Å²) in [7, 11) is -31.2. The fraction of sp³-hybridized carbons (Fsp3) is 0.0417. The number of halogens is 2. The average Bonchev–Trinajstić information content (AvgIpc) is 0.883. The molecule has 0 saturated heterocycles. The lowest BCUT2D eigenvalue weighted by Gasteiger charge is -2.19. The average molecular weight is 1350 g/mol. The number of nitrogens with zero attached hydrogens (tertiary/aromatic N) is 8. The van der Waals surface area contributed by atoms with Crippen molar-refractivity contribution in [3.63, 3.8) is 0 Å². The number of fused-ring (bicyclic) bond motifs is 4. The van der Waals surface area contributed by atoms with E-state index in [9.17, 15) is 82.9 Å². The number of rotatable bonds is 18. The van der Waals surface area contributed by atoms with Crippen LogP contribution in [0.1, 0.15) is 0 Å². The normalized spacial score (nSPS) is 12.8. The Morgan fingerprint density at radius 3 is 1.40 bits per heavy atom. The summed E-state index contributed by atoms with van der Waals surface area (Å²) in [6.07, 6.45) is 0. The number of azo groups is 1. The van der Waals surface area contributed by atoms with Crippen LogP contribution in [0.2, 0.25) is 10.6 Å². The van der Waals surface area contributed by atoms with E-state index in [1.54, 1.807) is 12.1 Å². The largest absolute Gasteiger partial charge is 0.507 e. The van der Waals surface area contributed by atoms with Gasteiger partial charge in [0.25, 0.3) is 60.7 Å². The molecule has 0 saturated carbocycles. The van der Waals surface area contributed by atoms with Crippen molar-refractivity contribution in [1.82, 2.24) is 29.9 Å². The van der Waals surface area contributed by atoms with E-state index in [1.165, 1.54) is 54.6 Å². The number of hydrogen-bond donors (Lipinski definition) is 11. The Labute approximate surface area is 499 Å². The summed E-state index contributed by atoms with van der Waals surface area (Å²) < 4.78 is 214. The highest BCUT2D eigenvalue weighted by molar-refractivity contribution is 7.87. The van der Waals surface area contributed by atoms with Crippen LogP contribution >= 0.6 is 23.2 Å². The lowest BCUT2D eigenvalue weighted by Crippen LogP contribution is -2.17.